The summed E-state index contributed by atoms with van der Waals surface area (Å²) in [6, 6.07) is 7.88. The van der Waals surface area contributed by atoms with Crippen molar-refractivity contribution in [2.24, 2.45) is 12.5 Å². The van der Waals surface area contributed by atoms with Gasteiger partial charge in [0.1, 0.15) is 0 Å². The Kier molecular flexibility index (Phi) is 4.37. The predicted molar refractivity (Wildman–Crippen MR) is 87.6 cm³/mol. The van der Waals surface area contributed by atoms with Crippen LogP contribution in [0.2, 0.25) is 0 Å². The molecule has 0 radical (unpaired) electrons. The van der Waals surface area contributed by atoms with Crippen molar-refractivity contribution >= 4 is 16.8 Å². The molecule has 0 aliphatic rings. The lowest BCUT2D eigenvalue weighted by molar-refractivity contribution is 0.0929. The van der Waals surface area contributed by atoms with Crippen molar-refractivity contribution in [3.63, 3.8) is 0 Å². The lowest BCUT2D eigenvalue weighted by atomic mass is 9.93. The largest absolute Gasteiger partial charge is 0.351 e. The van der Waals surface area contributed by atoms with Crippen molar-refractivity contribution in [2.75, 3.05) is 27.2 Å². The van der Waals surface area contributed by atoms with Gasteiger partial charge in [-0.1, -0.05) is 19.9 Å². The maximum atomic E-state index is 12.3. The van der Waals surface area contributed by atoms with Gasteiger partial charge in [0.2, 0.25) is 0 Å². The van der Waals surface area contributed by atoms with Gasteiger partial charge < -0.3 is 14.8 Å². The lowest BCUT2D eigenvalue weighted by Crippen LogP contribution is -2.39. The molecular weight excluding hydrogens is 262 g/mol. The molecule has 0 spiro atoms. The van der Waals surface area contributed by atoms with Crippen molar-refractivity contribution in [1.82, 2.24) is 14.8 Å². The van der Waals surface area contributed by atoms with Crippen LogP contribution in [0.5, 0.6) is 0 Å². The smallest absolute Gasteiger partial charge is 0.251 e. The van der Waals surface area contributed by atoms with Crippen molar-refractivity contribution in [3.05, 3.63) is 36.0 Å². The zero-order chi connectivity index (χ0) is 15.6. The number of rotatable bonds is 5. The third-order valence-corrected chi connectivity index (χ3v) is 3.62. The van der Waals surface area contributed by atoms with Crippen LogP contribution >= 0.6 is 0 Å². The molecule has 1 N–H and O–H groups in total. The molecule has 0 unspecified atom stereocenters. The molecule has 4 heteroatoms. The summed E-state index contributed by atoms with van der Waals surface area (Å²) in [6.07, 6.45) is 2.01. The Balaban J connectivity index is 2.06. The van der Waals surface area contributed by atoms with E-state index in [9.17, 15) is 4.79 Å². The topological polar surface area (TPSA) is 37.3 Å². The molecule has 0 aliphatic heterocycles. The highest BCUT2D eigenvalue weighted by molar-refractivity contribution is 5.98. The average Bonchev–Trinajstić information content (AvgIpc) is 2.76. The number of carbonyl (C=O) groups excluding carboxylic acids is 1. The van der Waals surface area contributed by atoms with E-state index in [-0.39, 0.29) is 11.3 Å². The van der Waals surface area contributed by atoms with E-state index < -0.39 is 0 Å². The Morgan fingerprint density at radius 3 is 2.67 bits per heavy atom. The molecule has 0 fully saturated rings. The van der Waals surface area contributed by atoms with Gasteiger partial charge in [-0.25, -0.2) is 0 Å². The second-order valence-corrected chi connectivity index (χ2v) is 6.78. The SMILES string of the molecule is CN(C)CC(C)(C)CNC(=O)c1ccc2ccn(C)c2c1. The Bertz CT molecular complexity index is 641. The van der Waals surface area contributed by atoms with E-state index in [1.165, 1.54) is 0 Å². The molecule has 0 aliphatic carbocycles. The van der Waals surface area contributed by atoms with Gasteiger partial charge in [-0.05, 0) is 43.1 Å². The second-order valence-electron chi connectivity index (χ2n) is 6.78. The first-order valence-corrected chi connectivity index (χ1v) is 7.26. The Morgan fingerprint density at radius 1 is 1.29 bits per heavy atom. The highest BCUT2D eigenvalue weighted by Gasteiger charge is 2.20. The number of carbonyl (C=O) groups is 1. The zero-order valence-corrected chi connectivity index (χ0v) is 13.6. The zero-order valence-electron chi connectivity index (χ0n) is 13.6. The van der Waals surface area contributed by atoms with Gasteiger partial charge in [-0.2, -0.15) is 0 Å². The van der Waals surface area contributed by atoms with E-state index in [0.717, 1.165) is 17.4 Å². The number of amides is 1. The average molecular weight is 287 g/mol. The normalized spacial score (nSPS) is 12.1. The molecule has 0 atom stereocenters. The summed E-state index contributed by atoms with van der Waals surface area (Å²) < 4.78 is 2.03. The fraction of sp³-hybridized carbons (Fsp3) is 0.471. The van der Waals surface area contributed by atoms with Crippen LogP contribution in [0.1, 0.15) is 24.2 Å². The summed E-state index contributed by atoms with van der Waals surface area (Å²) in [4.78, 5) is 14.5. The number of aryl methyl sites for hydroxylation is 1. The molecular formula is C17H25N3O. The third kappa shape index (κ3) is 3.85. The van der Waals surface area contributed by atoms with Crippen molar-refractivity contribution < 1.29 is 4.79 Å². The van der Waals surface area contributed by atoms with Gasteiger partial charge in [-0.15, -0.1) is 0 Å². The van der Waals surface area contributed by atoms with E-state index in [4.69, 9.17) is 0 Å². The van der Waals surface area contributed by atoms with Crippen LogP contribution in [0.4, 0.5) is 0 Å². The second kappa shape index (κ2) is 5.90. The highest BCUT2D eigenvalue weighted by Crippen LogP contribution is 2.18. The van der Waals surface area contributed by atoms with Crippen LogP contribution in [-0.4, -0.2) is 42.6 Å². The maximum Gasteiger partial charge on any atom is 0.251 e. The van der Waals surface area contributed by atoms with Crippen LogP contribution in [0, 0.1) is 5.41 Å². The van der Waals surface area contributed by atoms with Crippen LogP contribution in [-0.2, 0) is 7.05 Å². The standard InChI is InChI=1S/C17H25N3O/c1-17(2,12-19(3)4)11-18-16(21)14-7-6-13-8-9-20(5)15(13)10-14/h6-10H,11-12H2,1-5H3,(H,18,21). The molecule has 2 aromatic rings. The molecule has 0 saturated carbocycles. The van der Waals surface area contributed by atoms with Crippen LogP contribution < -0.4 is 5.32 Å². The van der Waals surface area contributed by atoms with Crippen molar-refractivity contribution in [3.8, 4) is 0 Å². The first-order chi connectivity index (χ1) is 9.78. The Labute approximate surface area is 126 Å². The van der Waals surface area contributed by atoms with E-state index in [1.807, 2.05) is 50.1 Å². The quantitative estimate of drug-likeness (QED) is 0.917. The van der Waals surface area contributed by atoms with Gasteiger partial charge in [-0.3, -0.25) is 4.79 Å². The molecule has 2 rings (SSSR count). The number of hydrogen-bond acceptors (Lipinski definition) is 2. The summed E-state index contributed by atoms with van der Waals surface area (Å²) in [7, 11) is 6.09. The van der Waals surface area contributed by atoms with Crippen LogP contribution in [0.15, 0.2) is 30.5 Å². The lowest BCUT2D eigenvalue weighted by Gasteiger charge is -2.28. The molecule has 1 amide bonds. The number of fused-ring (bicyclic) bond motifs is 1. The number of nitrogens with zero attached hydrogens (tertiary/aromatic N) is 2. The van der Waals surface area contributed by atoms with E-state index in [0.29, 0.717) is 12.1 Å². The number of nitrogens with one attached hydrogen (secondary N) is 1. The van der Waals surface area contributed by atoms with Crippen LogP contribution in [0.3, 0.4) is 0 Å². The van der Waals surface area contributed by atoms with Gasteiger partial charge in [0, 0.05) is 37.4 Å². The number of benzene rings is 1. The fourth-order valence-corrected chi connectivity index (χ4v) is 2.74. The Morgan fingerprint density at radius 2 is 2.00 bits per heavy atom. The third-order valence-electron chi connectivity index (χ3n) is 3.62. The van der Waals surface area contributed by atoms with Gasteiger partial charge in [0.25, 0.3) is 5.91 Å². The minimum absolute atomic E-state index is 0.00932. The fourth-order valence-electron chi connectivity index (χ4n) is 2.74. The van der Waals surface area contributed by atoms with Crippen molar-refractivity contribution in [2.45, 2.75) is 13.8 Å². The maximum absolute atomic E-state index is 12.3. The Hall–Kier alpha value is -1.81. The summed E-state index contributed by atoms with van der Waals surface area (Å²) in [5, 5.41) is 4.20. The summed E-state index contributed by atoms with van der Waals surface area (Å²) in [5.41, 5.74) is 1.84. The molecule has 114 valence electrons. The molecule has 0 saturated heterocycles. The molecule has 1 heterocycles. The number of hydrogen-bond donors (Lipinski definition) is 1. The van der Waals surface area contributed by atoms with Gasteiger partial charge in [0.15, 0.2) is 0 Å². The molecule has 1 aromatic heterocycles. The first-order valence-electron chi connectivity index (χ1n) is 7.26. The number of aromatic nitrogens is 1. The minimum atomic E-state index is -0.00932. The molecule has 21 heavy (non-hydrogen) atoms. The first kappa shape index (κ1) is 15.6. The van der Waals surface area contributed by atoms with Gasteiger partial charge >= 0.3 is 0 Å². The summed E-state index contributed by atoms with van der Waals surface area (Å²) in [5.74, 6) is -0.00932. The van der Waals surface area contributed by atoms with Crippen LogP contribution in [0.25, 0.3) is 10.9 Å². The summed E-state index contributed by atoms with van der Waals surface area (Å²) >= 11 is 0. The van der Waals surface area contributed by atoms with E-state index in [1.54, 1.807) is 0 Å². The molecule has 0 bridgehead atoms. The molecule has 1 aromatic carbocycles. The highest BCUT2D eigenvalue weighted by atomic mass is 16.1. The monoisotopic (exact) mass is 287 g/mol. The van der Waals surface area contributed by atoms with Crippen molar-refractivity contribution in [1.29, 1.82) is 0 Å². The van der Waals surface area contributed by atoms with Gasteiger partial charge in [0.05, 0.1) is 0 Å². The van der Waals surface area contributed by atoms with E-state index in [2.05, 4.69) is 30.1 Å². The predicted octanol–water partition coefficient (Wildman–Crippen LogP) is 2.50. The summed E-state index contributed by atoms with van der Waals surface area (Å²) in [6.45, 7) is 5.92. The molecule has 4 nitrogen and oxygen atoms in total. The minimum Gasteiger partial charge on any atom is -0.351 e. The van der Waals surface area contributed by atoms with E-state index >= 15 is 0 Å².